The predicted octanol–water partition coefficient (Wildman–Crippen LogP) is 2.92. The van der Waals surface area contributed by atoms with Gasteiger partial charge in [0.25, 0.3) is 0 Å². The van der Waals surface area contributed by atoms with Crippen LogP contribution in [0.15, 0.2) is 49.3 Å². The van der Waals surface area contributed by atoms with Gasteiger partial charge in [-0.05, 0) is 6.07 Å². The Hall–Kier alpha value is -2.87. The Bertz CT molecular complexity index is 910. The van der Waals surface area contributed by atoms with Gasteiger partial charge >= 0.3 is 0 Å². The molecular weight excluding hydrogens is 345 g/mol. The number of aromatic nitrogens is 4. The van der Waals surface area contributed by atoms with E-state index in [1.807, 2.05) is 0 Å². The van der Waals surface area contributed by atoms with Gasteiger partial charge in [0.2, 0.25) is 0 Å². The molecule has 0 aliphatic carbocycles. The van der Waals surface area contributed by atoms with Crippen LogP contribution < -0.4 is 0 Å². The van der Waals surface area contributed by atoms with Gasteiger partial charge in [0.15, 0.2) is 5.82 Å². The maximum absolute atomic E-state index is 14.5. The van der Waals surface area contributed by atoms with Crippen molar-refractivity contribution >= 4 is 0 Å². The van der Waals surface area contributed by atoms with Crippen molar-refractivity contribution in [3.63, 3.8) is 0 Å². The van der Waals surface area contributed by atoms with Gasteiger partial charge < -0.3 is 5.11 Å². The summed E-state index contributed by atoms with van der Waals surface area (Å²) >= 11 is 0. The summed E-state index contributed by atoms with van der Waals surface area (Å²) in [5, 5.41) is 11.4. The molecule has 0 unspecified atom stereocenters. The minimum Gasteiger partial charge on any atom is -0.384 e. The standard InChI is InChI=1S/C18H15F3N4O/c1-11(17-16(21)9-23-10-25-17)18(26,7-13-8-22-4-5-24-13)14-3-2-12(19)6-15(14)20/h2-6,8-11,26H,7H2,1H3/t11-,18+/m0/s1. The number of hydrogen-bond acceptors (Lipinski definition) is 5. The Morgan fingerprint density at radius 3 is 2.50 bits per heavy atom. The van der Waals surface area contributed by atoms with Crippen LogP contribution in [0.1, 0.15) is 29.8 Å². The highest BCUT2D eigenvalue weighted by Gasteiger charge is 2.41. The maximum Gasteiger partial charge on any atom is 0.163 e. The highest BCUT2D eigenvalue weighted by atomic mass is 19.1. The molecule has 3 rings (SSSR count). The Kier molecular flexibility index (Phi) is 4.94. The molecule has 8 heteroatoms. The molecule has 1 N–H and O–H groups in total. The molecule has 0 aliphatic heterocycles. The molecule has 0 bridgehead atoms. The summed E-state index contributed by atoms with van der Waals surface area (Å²) in [4.78, 5) is 15.5. The first-order valence-electron chi connectivity index (χ1n) is 7.80. The lowest BCUT2D eigenvalue weighted by Gasteiger charge is -2.34. The molecule has 0 fully saturated rings. The molecule has 26 heavy (non-hydrogen) atoms. The normalized spacial score (nSPS) is 14.7. The molecule has 2 heterocycles. The fourth-order valence-corrected chi connectivity index (χ4v) is 2.89. The van der Waals surface area contributed by atoms with E-state index in [-0.39, 0.29) is 17.7 Å². The van der Waals surface area contributed by atoms with E-state index < -0.39 is 29.0 Å². The summed E-state index contributed by atoms with van der Waals surface area (Å²) in [7, 11) is 0. The van der Waals surface area contributed by atoms with Gasteiger partial charge in [-0.3, -0.25) is 9.97 Å². The van der Waals surface area contributed by atoms with Crippen LogP contribution in [0.2, 0.25) is 0 Å². The highest BCUT2D eigenvalue weighted by molar-refractivity contribution is 5.31. The van der Waals surface area contributed by atoms with Crippen LogP contribution in [0.5, 0.6) is 0 Å². The summed E-state index contributed by atoms with van der Waals surface area (Å²) in [5.74, 6) is -3.45. The minimum absolute atomic E-state index is 0.0879. The number of benzene rings is 1. The summed E-state index contributed by atoms with van der Waals surface area (Å²) in [6, 6.07) is 2.83. The van der Waals surface area contributed by atoms with Gasteiger partial charge in [-0.1, -0.05) is 13.0 Å². The van der Waals surface area contributed by atoms with Crippen LogP contribution in [0.25, 0.3) is 0 Å². The van der Waals surface area contributed by atoms with Crippen molar-refractivity contribution in [2.24, 2.45) is 0 Å². The summed E-state index contributed by atoms with van der Waals surface area (Å²) in [6.07, 6.45) is 6.21. The average molecular weight is 360 g/mol. The zero-order chi connectivity index (χ0) is 18.7. The molecule has 0 aliphatic rings. The zero-order valence-corrected chi connectivity index (χ0v) is 13.8. The number of rotatable bonds is 5. The van der Waals surface area contributed by atoms with Crippen molar-refractivity contribution in [2.75, 3.05) is 0 Å². The Morgan fingerprint density at radius 1 is 1.04 bits per heavy atom. The third-order valence-electron chi connectivity index (χ3n) is 4.29. The van der Waals surface area contributed by atoms with Gasteiger partial charge in [0.05, 0.1) is 17.6 Å². The minimum atomic E-state index is -1.94. The smallest absolute Gasteiger partial charge is 0.163 e. The van der Waals surface area contributed by atoms with Gasteiger partial charge in [-0.25, -0.2) is 23.1 Å². The largest absolute Gasteiger partial charge is 0.384 e. The van der Waals surface area contributed by atoms with Gasteiger partial charge in [-0.15, -0.1) is 0 Å². The van der Waals surface area contributed by atoms with Crippen molar-refractivity contribution in [1.82, 2.24) is 19.9 Å². The second-order valence-electron chi connectivity index (χ2n) is 5.90. The van der Waals surface area contributed by atoms with E-state index in [0.717, 1.165) is 24.7 Å². The van der Waals surface area contributed by atoms with E-state index in [4.69, 9.17) is 0 Å². The van der Waals surface area contributed by atoms with E-state index in [1.165, 1.54) is 25.5 Å². The second-order valence-corrected chi connectivity index (χ2v) is 5.90. The predicted molar refractivity (Wildman–Crippen MR) is 86.4 cm³/mol. The number of hydrogen-bond donors (Lipinski definition) is 1. The quantitative estimate of drug-likeness (QED) is 0.757. The molecule has 0 amide bonds. The summed E-state index contributed by atoms with van der Waals surface area (Å²) in [5.41, 5.74) is -1.85. The van der Waals surface area contributed by atoms with Crippen LogP contribution in [-0.2, 0) is 12.0 Å². The molecule has 2 aromatic heterocycles. The molecule has 5 nitrogen and oxygen atoms in total. The maximum atomic E-state index is 14.5. The van der Waals surface area contributed by atoms with Crippen LogP contribution in [0.4, 0.5) is 13.2 Å². The third kappa shape index (κ3) is 3.41. The molecule has 0 radical (unpaired) electrons. The first-order chi connectivity index (χ1) is 12.4. The third-order valence-corrected chi connectivity index (χ3v) is 4.29. The summed E-state index contributed by atoms with van der Waals surface area (Å²) < 4.78 is 42.0. The zero-order valence-electron chi connectivity index (χ0n) is 13.8. The van der Waals surface area contributed by atoms with Crippen LogP contribution >= 0.6 is 0 Å². The number of halogens is 3. The van der Waals surface area contributed by atoms with Crippen molar-refractivity contribution in [2.45, 2.75) is 24.9 Å². The van der Waals surface area contributed by atoms with Crippen LogP contribution in [-0.4, -0.2) is 25.0 Å². The van der Waals surface area contributed by atoms with Crippen LogP contribution in [0.3, 0.4) is 0 Å². The molecule has 0 saturated heterocycles. The molecule has 3 aromatic rings. The van der Waals surface area contributed by atoms with Gasteiger partial charge in [0, 0.05) is 42.6 Å². The van der Waals surface area contributed by atoms with E-state index in [9.17, 15) is 18.3 Å². The lowest BCUT2D eigenvalue weighted by molar-refractivity contribution is 0.00585. The number of aliphatic hydroxyl groups is 1. The van der Waals surface area contributed by atoms with Crippen LogP contribution in [0, 0.1) is 17.5 Å². The van der Waals surface area contributed by atoms with E-state index in [1.54, 1.807) is 0 Å². The van der Waals surface area contributed by atoms with Gasteiger partial charge in [0.1, 0.15) is 23.6 Å². The Labute approximate surface area is 147 Å². The fraction of sp³-hybridized carbons (Fsp3) is 0.222. The second kappa shape index (κ2) is 7.17. The lowest BCUT2D eigenvalue weighted by atomic mass is 9.77. The Balaban J connectivity index is 2.13. The summed E-state index contributed by atoms with van der Waals surface area (Å²) in [6.45, 7) is 1.50. The van der Waals surface area contributed by atoms with E-state index in [0.29, 0.717) is 11.8 Å². The molecule has 134 valence electrons. The molecular formula is C18H15F3N4O. The average Bonchev–Trinajstić information content (AvgIpc) is 2.62. The van der Waals surface area contributed by atoms with E-state index in [2.05, 4.69) is 19.9 Å². The SMILES string of the molecule is C[C@@H](c1ncncc1F)[C@](O)(Cc1cnccn1)c1ccc(F)cc1F. The monoisotopic (exact) mass is 360 g/mol. The molecule has 0 spiro atoms. The van der Waals surface area contributed by atoms with Crippen molar-refractivity contribution in [1.29, 1.82) is 0 Å². The van der Waals surface area contributed by atoms with Gasteiger partial charge in [-0.2, -0.15) is 0 Å². The topological polar surface area (TPSA) is 71.8 Å². The van der Waals surface area contributed by atoms with Crippen molar-refractivity contribution < 1.29 is 18.3 Å². The lowest BCUT2D eigenvalue weighted by Crippen LogP contribution is -2.37. The highest BCUT2D eigenvalue weighted by Crippen LogP contribution is 2.40. The van der Waals surface area contributed by atoms with E-state index >= 15 is 0 Å². The molecule has 0 saturated carbocycles. The Morgan fingerprint density at radius 2 is 1.85 bits per heavy atom. The molecule has 2 atom stereocenters. The number of nitrogens with zero attached hydrogens (tertiary/aromatic N) is 4. The first kappa shape index (κ1) is 17.9. The van der Waals surface area contributed by atoms with Crippen molar-refractivity contribution in [3.05, 3.63) is 83.7 Å². The fourth-order valence-electron chi connectivity index (χ4n) is 2.89. The van der Waals surface area contributed by atoms with Crippen molar-refractivity contribution in [3.8, 4) is 0 Å². The molecule has 1 aromatic carbocycles. The first-order valence-corrected chi connectivity index (χ1v) is 7.80.